The molecule has 6 nitrogen and oxygen atoms in total. The van der Waals surface area contributed by atoms with Crippen molar-refractivity contribution in [2.45, 2.75) is 19.9 Å². The summed E-state index contributed by atoms with van der Waals surface area (Å²) in [6, 6.07) is -0.339. The van der Waals surface area contributed by atoms with Gasteiger partial charge in [-0.25, -0.2) is 19.7 Å². The second-order valence-electron chi connectivity index (χ2n) is 3.87. The van der Waals surface area contributed by atoms with E-state index in [4.69, 9.17) is 17.0 Å². The Balaban J connectivity index is 2.41. The number of hydrogen-bond acceptors (Lipinski definition) is 5. The van der Waals surface area contributed by atoms with Crippen LogP contribution in [0.25, 0.3) is 0 Å². The van der Waals surface area contributed by atoms with Crippen molar-refractivity contribution in [2.75, 3.05) is 10.2 Å². The van der Waals surface area contributed by atoms with Gasteiger partial charge in [0.05, 0.1) is 18.0 Å². The quantitative estimate of drug-likeness (QED) is 0.619. The van der Waals surface area contributed by atoms with Gasteiger partial charge in [0.2, 0.25) is 0 Å². The summed E-state index contributed by atoms with van der Waals surface area (Å²) in [5.74, 6) is 0.754. The summed E-state index contributed by atoms with van der Waals surface area (Å²) in [6.45, 7) is 6.93. The van der Waals surface area contributed by atoms with Crippen molar-refractivity contribution >= 4 is 34.8 Å². The number of nitrogens with zero attached hydrogens (tertiary/aromatic N) is 3. The van der Waals surface area contributed by atoms with Gasteiger partial charge in [-0.05, 0) is 13.8 Å². The summed E-state index contributed by atoms with van der Waals surface area (Å²) < 4.78 is 5.01. The molecule has 2 heterocycles. The molecule has 7 heteroatoms. The highest BCUT2D eigenvalue weighted by Crippen LogP contribution is 2.29. The highest BCUT2D eigenvalue weighted by molar-refractivity contribution is 7.80. The number of amides is 1. The molecule has 18 heavy (non-hydrogen) atoms. The third-order valence-corrected chi connectivity index (χ3v) is 2.85. The van der Waals surface area contributed by atoms with Crippen LogP contribution in [-0.4, -0.2) is 27.1 Å². The number of carbonyl (C=O) groups is 1. The monoisotopic (exact) mass is 264 g/mol. The molecule has 1 N–H and O–H groups in total. The molecule has 0 bridgehead atoms. The second kappa shape index (κ2) is 4.69. The summed E-state index contributed by atoms with van der Waals surface area (Å²) in [4.78, 5) is 21.9. The third-order valence-electron chi connectivity index (χ3n) is 2.40. The van der Waals surface area contributed by atoms with Crippen LogP contribution in [0.5, 0.6) is 0 Å². The maximum Gasteiger partial charge on any atom is 0.421 e. The minimum absolute atomic E-state index is 0.312. The predicted octanol–water partition coefficient (Wildman–Crippen LogP) is 2.09. The van der Waals surface area contributed by atoms with E-state index in [-0.39, 0.29) is 6.04 Å². The molecule has 94 valence electrons. The van der Waals surface area contributed by atoms with Crippen molar-refractivity contribution in [1.29, 1.82) is 0 Å². The molecule has 1 unspecified atom stereocenters. The standard InChI is InChI=1S/C11H12N4O2S/c1-6(2)17-11(16)15-7(3)10(18)14-8-4-12-5-13-9(8)15/h4-5,7H,1H2,2-3H3,(H,14,18). The molecule has 0 radical (unpaired) electrons. The van der Waals surface area contributed by atoms with Gasteiger partial charge in [-0.1, -0.05) is 18.8 Å². The fourth-order valence-electron chi connectivity index (χ4n) is 1.58. The largest absolute Gasteiger partial charge is 0.421 e. The first-order valence-electron chi connectivity index (χ1n) is 5.28. The minimum atomic E-state index is -0.557. The normalized spacial score (nSPS) is 17.8. The van der Waals surface area contributed by atoms with Gasteiger partial charge < -0.3 is 10.1 Å². The maximum atomic E-state index is 12.0. The number of hydrogen-bond donors (Lipinski definition) is 1. The zero-order valence-corrected chi connectivity index (χ0v) is 10.8. The van der Waals surface area contributed by atoms with Crippen LogP contribution in [0.2, 0.25) is 0 Å². The van der Waals surface area contributed by atoms with Crippen LogP contribution >= 0.6 is 12.2 Å². The zero-order valence-electron chi connectivity index (χ0n) is 10.0. The summed E-state index contributed by atoms with van der Waals surface area (Å²) in [5, 5.41) is 2.98. The summed E-state index contributed by atoms with van der Waals surface area (Å²) >= 11 is 5.18. The van der Waals surface area contributed by atoms with Crippen LogP contribution in [0.3, 0.4) is 0 Å². The Labute approximate surface area is 110 Å². The van der Waals surface area contributed by atoms with Crippen LogP contribution in [0.4, 0.5) is 16.3 Å². The van der Waals surface area contributed by atoms with E-state index in [0.29, 0.717) is 22.3 Å². The number of thiocarbonyl (C=S) groups is 1. The topological polar surface area (TPSA) is 67.3 Å². The van der Waals surface area contributed by atoms with Crippen LogP contribution in [0, 0.1) is 0 Å². The number of ether oxygens (including phenoxy) is 1. The number of anilines is 2. The van der Waals surface area contributed by atoms with Gasteiger partial charge in [0.15, 0.2) is 5.82 Å². The molecule has 0 saturated heterocycles. The Kier molecular flexibility index (Phi) is 3.24. The highest BCUT2D eigenvalue weighted by Gasteiger charge is 2.34. The molecule has 1 aromatic rings. The minimum Gasteiger partial charge on any atom is -0.415 e. The molecular formula is C11H12N4O2S. The number of aromatic nitrogens is 2. The molecule has 1 amide bonds. The van der Waals surface area contributed by atoms with Gasteiger partial charge in [0.1, 0.15) is 17.0 Å². The van der Waals surface area contributed by atoms with E-state index in [2.05, 4.69) is 21.9 Å². The van der Waals surface area contributed by atoms with E-state index in [1.807, 2.05) is 0 Å². The highest BCUT2D eigenvalue weighted by atomic mass is 32.1. The third kappa shape index (κ3) is 2.17. The maximum absolute atomic E-state index is 12.0. The van der Waals surface area contributed by atoms with Crippen molar-refractivity contribution in [1.82, 2.24) is 9.97 Å². The lowest BCUT2D eigenvalue weighted by Gasteiger charge is -2.33. The van der Waals surface area contributed by atoms with E-state index in [0.717, 1.165) is 0 Å². The van der Waals surface area contributed by atoms with Gasteiger partial charge >= 0.3 is 6.09 Å². The van der Waals surface area contributed by atoms with Gasteiger partial charge in [-0.2, -0.15) is 0 Å². The molecule has 2 rings (SSSR count). The Morgan fingerprint density at radius 3 is 3.06 bits per heavy atom. The molecule has 1 aliphatic rings. The summed E-state index contributed by atoms with van der Waals surface area (Å²) in [5.41, 5.74) is 0.583. The fraction of sp³-hybridized carbons (Fsp3) is 0.273. The van der Waals surface area contributed by atoms with Gasteiger partial charge in [0, 0.05) is 0 Å². The van der Waals surface area contributed by atoms with Crippen molar-refractivity contribution in [3.63, 3.8) is 0 Å². The van der Waals surface area contributed by atoms with E-state index < -0.39 is 6.09 Å². The van der Waals surface area contributed by atoms with Crippen molar-refractivity contribution < 1.29 is 9.53 Å². The SMILES string of the molecule is C=C(C)OC(=O)N1c2ncncc2NC(=S)C1C. The second-order valence-corrected chi connectivity index (χ2v) is 4.31. The van der Waals surface area contributed by atoms with Crippen LogP contribution in [0.15, 0.2) is 24.9 Å². The molecule has 1 atom stereocenters. The lowest BCUT2D eigenvalue weighted by molar-refractivity contribution is 0.183. The average molecular weight is 264 g/mol. The number of nitrogens with one attached hydrogen (secondary N) is 1. The predicted molar refractivity (Wildman–Crippen MR) is 71.5 cm³/mol. The van der Waals surface area contributed by atoms with E-state index in [1.165, 1.54) is 11.2 Å². The molecule has 0 fully saturated rings. The Morgan fingerprint density at radius 2 is 2.39 bits per heavy atom. The zero-order chi connectivity index (χ0) is 13.3. The first-order valence-corrected chi connectivity index (χ1v) is 5.69. The molecule has 0 saturated carbocycles. The van der Waals surface area contributed by atoms with E-state index >= 15 is 0 Å². The van der Waals surface area contributed by atoms with E-state index in [1.54, 1.807) is 20.0 Å². The molecule has 0 aliphatic carbocycles. The van der Waals surface area contributed by atoms with E-state index in [9.17, 15) is 4.79 Å². The molecule has 1 aliphatic heterocycles. The Hall–Kier alpha value is -2.02. The van der Waals surface area contributed by atoms with Gasteiger partial charge in [-0.15, -0.1) is 0 Å². The lowest BCUT2D eigenvalue weighted by Crippen LogP contribution is -2.49. The summed E-state index contributed by atoms with van der Waals surface area (Å²) in [7, 11) is 0. The van der Waals surface area contributed by atoms with Crippen LogP contribution < -0.4 is 10.2 Å². The van der Waals surface area contributed by atoms with Crippen LogP contribution in [0.1, 0.15) is 13.8 Å². The van der Waals surface area contributed by atoms with Gasteiger partial charge in [0.25, 0.3) is 0 Å². The summed E-state index contributed by atoms with van der Waals surface area (Å²) in [6.07, 6.45) is 2.36. The Bertz CT molecular complexity index is 532. The average Bonchev–Trinajstić information content (AvgIpc) is 2.29. The molecule has 0 spiro atoms. The first kappa shape index (κ1) is 12.4. The molecule has 0 aromatic carbocycles. The number of fused-ring (bicyclic) bond motifs is 1. The molecular weight excluding hydrogens is 252 g/mol. The first-order chi connectivity index (χ1) is 8.50. The van der Waals surface area contributed by atoms with Crippen molar-refractivity contribution in [3.05, 3.63) is 24.9 Å². The van der Waals surface area contributed by atoms with Crippen molar-refractivity contribution in [3.8, 4) is 0 Å². The number of rotatable bonds is 1. The molecule has 1 aromatic heterocycles. The Morgan fingerprint density at radius 1 is 1.67 bits per heavy atom. The van der Waals surface area contributed by atoms with Gasteiger partial charge in [-0.3, -0.25) is 0 Å². The number of allylic oxidation sites excluding steroid dienone is 1. The fourth-order valence-corrected chi connectivity index (χ4v) is 1.80. The number of carbonyl (C=O) groups excluding carboxylic acids is 1. The van der Waals surface area contributed by atoms with Crippen LogP contribution in [-0.2, 0) is 4.74 Å². The van der Waals surface area contributed by atoms with Crippen molar-refractivity contribution in [2.24, 2.45) is 0 Å². The smallest absolute Gasteiger partial charge is 0.415 e. The lowest BCUT2D eigenvalue weighted by atomic mass is 10.2.